The second-order valence-electron chi connectivity index (χ2n) is 4.07. The van der Waals surface area contributed by atoms with E-state index in [1.165, 1.54) is 25.7 Å². The first kappa shape index (κ1) is 15.2. The summed E-state index contributed by atoms with van der Waals surface area (Å²) in [5.74, 6) is 1.77. The largest absolute Gasteiger partial charge is 0.343 e. The Kier molecular flexibility index (Phi) is 12.4. The molecule has 0 fully saturated rings. The fraction of sp³-hybridized carbons (Fsp3) is 0.909. The number of hydrogen-bond donors (Lipinski definition) is 0. The van der Waals surface area contributed by atoms with Crippen molar-refractivity contribution >= 4 is 0 Å². The first-order chi connectivity index (χ1) is 5.16. The zero-order valence-corrected chi connectivity index (χ0v) is 11.7. The Balaban J connectivity index is 0. The van der Waals surface area contributed by atoms with E-state index in [9.17, 15) is 0 Å². The Labute approximate surface area is 92.8 Å². The predicted octanol–water partition coefficient (Wildman–Crippen LogP) is 4.06. The third-order valence-corrected chi connectivity index (χ3v) is 2.18. The van der Waals surface area contributed by atoms with Gasteiger partial charge in [-0.25, -0.2) is 0 Å². The van der Waals surface area contributed by atoms with E-state index in [0.717, 1.165) is 18.3 Å². The van der Waals surface area contributed by atoms with E-state index in [1.54, 1.807) is 0 Å². The maximum absolute atomic E-state index is 3.87. The monoisotopic (exact) mass is 339 g/mol. The van der Waals surface area contributed by atoms with Crippen molar-refractivity contribution in [2.45, 2.75) is 52.9 Å². The van der Waals surface area contributed by atoms with Gasteiger partial charge in [0.05, 0.1) is 0 Å². The molecule has 0 aliphatic rings. The molecule has 0 aliphatic carbocycles. The summed E-state index contributed by atoms with van der Waals surface area (Å²) in [5, 5.41) is 0. The predicted molar refractivity (Wildman–Crippen MR) is 52.4 cm³/mol. The summed E-state index contributed by atoms with van der Waals surface area (Å²) in [4.78, 5) is 0. The molecule has 0 rings (SSSR count). The molecule has 0 amide bonds. The van der Waals surface area contributed by atoms with Crippen LogP contribution in [-0.4, -0.2) is 0 Å². The van der Waals surface area contributed by atoms with Crippen molar-refractivity contribution in [1.82, 2.24) is 0 Å². The Morgan fingerprint density at radius 1 is 1.00 bits per heavy atom. The standard InChI is InChI=1S/C11H23.W/c1-5-7-11(4)9-6-8-10(2)3;/h10-11H,1,5-9H2,2-4H3;/q-1;. The summed E-state index contributed by atoms with van der Waals surface area (Å²) in [6.45, 7) is 10.8. The third kappa shape index (κ3) is 10.7. The van der Waals surface area contributed by atoms with Crippen LogP contribution >= 0.6 is 0 Å². The van der Waals surface area contributed by atoms with Gasteiger partial charge in [0.1, 0.15) is 0 Å². The first-order valence-electron chi connectivity index (χ1n) is 4.96. The second kappa shape index (κ2) is 9.77. The van der Waals surface area contributed by atoms with Gasteiger partial charge in [-0.05, 0) is 11.8 Å². The summed E-state index contributed by atoms with van der Waals surface area (Å²) in [5.41, 5.74) is 0. The molecule has 0 aromatic heterocycles. The van der Waals surface area contributed by atoms with Gasteiger partial charge >= 0.3 is 0 Å². The Morgan fingerprint density at radius 2 is 1.58 bits per heavy atom. The van der Waals surface area contributed by atoms with Gasteiger partial charge in [-0.1, -0.05) is 46.5 Å². The molecule has 0 heterocycles. The molecule has 0 aromatic carbocycles. The molecular weight excluding hydrogens is 316 g/mol. The van der Waals surface area contributed by atoms with Crippen LogP contribution in [0, 0.1) is 18.8 Å². The van der Waals surface area contributed by atoms with Gasteiger partial charge in [-0.15, -0.1) is 0 Å². The van der Waals surface area contributed by atoms with Gasteiger partial charge in [0.25, 0.3) is 0 Å². The van der Waals surface area contributed by atoms with Crippen LogP contribution in [0.3, 0.4) is 0 Å². The molecule has 0 N–H and O–H groups in total. The van der Waals surface area contributed by atoms with Gasteiger partial charge < -0.3 is 6.92 Å². The first-order valence-corrected chi connectivity index (χ1v) is 4.96. The van der Waals surface area contributed by atoms with Crippen molar-refractivity contribution in [3.63, 3.8) is 0 Å². The molecule has 74 valence electrons. The summed E-state index contributed by atoms with van der Waals surface area (Å²) in [6, 6.07) is 0. The minimum atomic E-state index is 0. The van der Waals surface area contributed by atoms with Crippen molar-refractivity contribution in [3.05, 3.63) is 6.92 Å². The zero-order chi connectivity index (χ0) is 8.69. The van der Waals surface area contributed by atoms with Crippen LogP contribution in [0.2, 0.25) is 0 Å². The normalized spacial score (nSPS) is 12.8. The Morgan fingerprint density at radius 3 is 2.00 bits per heavy atom. The van der Waals surface area contributed by atoms with Gasteiger partial charge in [0.15, 0.2) is 0 Å². The fourth-order valence-corrected chi connectivity index (χ4v) is 1.37. The van der Waals surface area contributed by atoms with E-state index in [4.69, 9.17) is 0 Å². The average molecular weight is 339 g/mol. The van der Waals surface area contributed by atoms with Crippen molar-refractivity contribution in [2.24, 2.45) is 11.8 Å². The van der Waals surface area contributed by atoms with Crippen LogP contribution in [-0.2, 0) is 21.1 Å². The zero-order valence-electron chi connectivity index (χ0n) is 8.81. The molecule has 0 bridgehead atoms. The smallest absolute Gasteiger partial charge is 0 e. The van der Waals surface area contributed by atoms with Gasteiger partial charge in [0.2, 0.25) is 0 Å². The van der Waals surface area contributed by atoms with E-state index in [2.05, 4.69) is 27.7 Å². The van der Waals surface area contributed by atoms with Crippen molar-refractivity contribution in [1.29, 1.82) is 0 Å². The minimum Gasteiger partial charge on any atom is -0.343 e. The molecule has 1 heteroatoms. The molecule has 12 heavy (non-hydrogen) atoms. The summed E-state index contributed by atoms with van der Waals surface area (Å²) in [7, 11) is 0. The van der Waals surface area contributed by atoms with Crippen LogP contribution in [0.5, 0.6) is 0 Å². The minimum absolute atomic E-state index is 0. The van der Waals surface area contributed by atoms with Crippen molar-refractivity contribution in [2.75, 3.05) is 0 Å². The Hall–Kier alpha value is 0.688. The maximum Gasteiger partial charge on any atom is 0 e. The number of hydrogen-bond acceptors (Lipinski definition) is 0. The second-order valence-corrected chi connectivity index (χ2v) is 4.07. The molecule has 1 unspecified atom stereocenters. The molecule has 0 saturated heterocycles. The SMILES string of the molecule is [CH2-]CCC(C)CCCC(C)C.[W]. The fourth-order valence-electron chi connectivity index (χ4n) is 1.37. The molecule has 0 nitrogen and oxygen atoms in total. The maximum atomic E-state index is 3.87. The van der Waals surface area contributed by atoms with Gasteiger partial charge in [-0.2, -0.15) is 6.42 Å². The molecule has 1 atom stereocenters. The number of rotatable bonds is 6. The van der Waals surface area contributed by atoms with Gasteiger partial charge in [-0.3, -0.25) is 0 Å². The van der Waals surface area contributed by atoms with Crippen molar-refractivity contribution < 1.29 is 21.1 Å². The van der Waals surface area contributed by atoms with Crippen LogP contribution < -0.4 is 0 Å². The topological polar surface area (TPSA) is 0 Å². The van der Waals surface area contributed by atoms with E-state index < -0.39 is 0 Å². The third-order valence-electron chi connectivity index (χ3n) is 2.18. The molecule has 0 radical (unpaired) electrons. The quantitative estimate of drug-likeness (QED) is 0.640. The molecule has 0 aromatic rings. The van der Waals surface area contributed by atoms with E-state index in [-0.39, 0.29) is 21.1 Å². The van der Waals surface area contributed by atoms with E-state index in [0.29, 0.717) is 0 Å². The molecular formula is C11H23W-. The average Bonchev–Trinajstić information content (AvgIpc) is 1.87. The summed E-state index contributed by atoms with van der Waals surface area (Å²) < 4.78 is 0. The van der Waals surface area contributed by atoms with Gasteiger partial charge in [0, 0.05) is 21.1 Å². The summed E-state index contributed by atoms with van der Waals surface area (Å²) >= 11 is 0. The molecule has 0 saturated carbocycles. The Bertz CT molecular complexity index is 79.1. The van der Waals surface area contributed by atoms with Crippen LogP contribution in [0.15, 0.2) is 0 Å². The summed E-state index contributed by atoms with van der Waals surface area (Å²) in [6.07, 6.45) is 6.59. The van der Waals surface area contributed by atoms with Crippen LogP contribution in [0.4, 0.5) is 0 Å². The molecule has 0 aliphatic heterocycles. The van der Waals surface area contributed by atoms with Crippen LogP contribution in [0.25, 0.3) is 0 Å². The molecule has 0 spiro atoms. The van der Waals surface area contributed by atoms with E-state index in [1.807, 2.05) is 0 Å². The van der Waals surface area contributed by atoms with Crippen LogP contribution in [0.1, 0.15) is 52.9 Å². The van der Waals surface area contributed by atoms with E-state index >= 15 is 0 Å². The van der Waals surface area contributed by atoms with Crippen molar-refractivity contribution in [3.8, 4) is 0 Å².